The second-order valence-electron chi connectivity index (χ2n) is 5.06. The van der Waals surface area contributed by atoms with Crippen LogP contribution >= 0.6 is 11.8 Å². The molecule has 2 rings (SSSR count). The molecule has 116 valence electrons. The van der Waals surface area contributed by atoms with Crippen molar-refractivity contribution in [3.8, 4) is 5.75 Å². The average Bonchev–Trinajstić information content (AvgIpc) is 3.31. The van der Waals surface area contributed by atoms with E-state index in [-0.39, 0.29) is 12.0 Å². The third-order valence-corrected chi connectivity index (χ3v) is 4.37. The van der Waals surface area contributed by atoms with E-state index in [9.17, 15) is 4.79 Å². The number of thioether (sulfide) groups is 1. The van der Waals surface area contributed by atoms with Crippen LogP contribution in [0.3, 0.4) is 0 Å². The molecule has 0 bridgehead atoms. The number of benzene rings is 1. The smallest absolute Gasteiger partial charge is 0.323 e. The molecule has 4 nitrogen and oxygen atoms in total. The number of methoxy groups -OCH3 is 1. The highest BCUT2D eigenvalue weighted by molar-refractivity contribution is 7.99. The van der Waals surface area contributed by atoms with Gasteiger partial charge in [-0.3, -0.25) is 4.79 Å². The van der Waals surface area contributed by atoms with E-state index >= 15 is 0 Å². The molecule has 1 fully saturated rings. The highest BCUT2D eigenvalue weighted by atomic mass is 32.2. The summed E-state index contributed by atoms with van der Waals surface area (Å²) in [6.07, 6.45) is 3.12. The van der Waals surface area contributed by atoms with Gasteiger partial charge in [-0.05, 0) is 50.5 Å². The van der Waals surface area contributed by atoms with Crippen LogP contribution in [0.4, 0.5) is 0 Å². The summed E-state index contributed by atoms with van der Waals surface area (Å²) in [5.41, 5.74) is 0. The quantitative estimate of drug-likeness (QED) is 0.561. The van der Waals surface area contributed by atoms with Crippen LogP contribution in [0.25, 0.3) is 0 Å². The van der Waals surface area contributed by atoms with Crippen molar-refractivity contribution >= 4 is 17.7 Å². The summed E-state index contributed by atoms with van der Waals surface area (Å²) < 4.78 is 10.3. The lowest BCUT2D eigenvalue weighted by atomic mass is 10.2. The fourth-order valence-electron chi connectivity index (χ4n) is 2.01. The number of carbonyl (C=O) groups excluding carboxylic acids is 1. The molecule has 1 saturated carbocycles. The lowest BCUT2D eigenvalue weighted by Gasteiger charge is -2.16. The fraction of sp³-hybridized carbons (Fsp3) is 0.562. The zero-order chi connectivity index (χ0) is 15.1. The van der Waals surface area contributed by atoms with Crippen LogP contribution < -0.4 is 10.1 Å². The van der Waals surface area contributed by atoms with Crippen LogP contribution in [0.2, 0.25) is 0 Å². The average molecular weight is 309 g/mol. The Kier molecular flexibility index (Phi) is 6.39. The summed E-state index contributed by atoms with van der Waals surface area (Å²) in [6.45, 7) is 2.28. The molecule has 1 aromatic rings. The van der Waals surface area contributed by atoms with Crippen molar-refractivity contribution in [3.63, 3.8) is 0 Å². The summed E-state index contributed by atoms with van der Waals surface area (Å²) in [5.74, 6) is 1.62. The number of carbonyl (C=O) groups is 1. The zero-order valence-electron chi connectivity index (χ0n) is 12.6. The van der Waals surface area contributed by atoms with Crippen molar-refractivity contribution in [2.45, 2.75) is 43.2 Å². The van der Waals surface area contributed by atoms with E-state index in [1.807, 2.05) is 31.2 Å². The molecule has 0 aliphatic heterocycles. The van der Waals surface area contributed by atoms with Crippen molar-refractivity contribution in [1.29, 1.82) is 0 Å². The van der Waals surface area contributed by atoms with E-state index in [0.29, 0.717) is 12.6 Å². The van der Waals surface area contributed by atoms with Crippen molar-refractivity contribution in [2.75, 3.05) is 19.5 Å². The molecule has 1 N–H and O–H groups in total. The monoisotopic (exact) mass is 309 g/mol. The Hall–Kier alpha value is -1.20. The van der Waals surface area contributed by atoms with Gasteiger partial charge in [-0.25, -0.2) is 0 Å². The summed E-state index contributed by atoms with van der Waals surface area (Å²) in [4.78, 5) is 13.1. The van der Waals surface area contributed by atoms with Crippen molar-refractivity contribution in [2.24, 2.45) is 0 Å². The van der Waals surface area contributed by atoms with Crippen LogP contribution in [-0.4, -0.2) is 37.5 Å². The maximum Gasteiger partial charge on any atom is 0.323 e. The standard InChI is InChI=1S/C16H23NO3S/c1-3-20-16(18)15(17-12-4-5-12)10-11-21-14-8-6-13(19-2)7-9-14/h6-9,12,15,17H,3-5,10-11H2,1-2H3. The molecule has 1 unspecified atom stereocenters. The minimum Gasteiger partial charge on any atom is -0.497 e. The number of ether oxygens (including phenoxy) is 2. The summed E-state index contributed by atoms with van der Waals surface area (Å²) in [7, 11) is 1.66. The Labute approximate surface area is 130 Å². The fourth-order valence-corrected chi connectivity index (χ4v) is 2.93. The predicted molar refractivity (Wildman–Crippen MR) is 84.9 cm³/mol. The first-order valence-electron chi connectivity index (χ1n) is 7.42. The molecule has 0 amide bonds. The first kappa shape index (κ1) is 16.2. The summed E-state index contributed by atoms with van der Waals surface area (Å²) in [5, 5.41) is 3.37. The van der Waals surface area contributed by atoms with Crippen molar-refractivity contribution in [1.82, 2.24) is 5.32 Å². The minimum absolute atomic E-state index is 0.125. The molecule has 0 radical (unpaired) electrons. The summed E-state index contributed by atoms with van der Waals surface area (Å²) in [6, 6.07) is 8.31. The molecule has 1 atom stereocenters. The first-order chi connectivity index (χ1) is 10.2. The lowest BCUT2D eigenvalue weighted by Crippen LogP contribution is -2.39. The topological polar surface area (TPSA) is 47.6 Å². The largest absolute Gasteiger partial charge is 0.497 e. The van der Waals surface area contributed by atoms with Crippen LogP contribution in [0.15, 0.2) is 29.2 Å². The van der Waals surface area contributed by atoms with Gasteiger partial charge in [-0.1, -0.05) is 0 Å². The third-order valence-electron chi connectivity index (χ3n) is 3.32. The molecule has 5 heteroatoms. The van der Waals surface area contributed by atoms with Gasteiger partial charge in [0.05, 0.1) is 13.7 Å². The maximum absolute atomic E-state index is 11.9. The minimum atomic E-state index is -0.178. The van der Waals surface area contributed by atoms with Gasteiger partial charge >= 0.3 is 5.97 Å². The van der Waals surface area contributed by atoms with Crippen molar-refractivity contribution in [3.05, 3.63) is 24.3 Å². The van der Waals surface area contributed by atoms with Crippen LogP contribution in [-0.2, 0) is 9.53 Å². The Morgan fingerprint density at radius 3 is 2.67 bits per heavy atom. The third kappa shape index (κ3) is 5.59. The lowest BCUT2D eigenvalue weighted by molar-refractivity contribution is -0.145. The molecular weight excluding hydrogens is 286 g/mol. The maximum atomic E-state index is 11.9. The molecule has 21 heavy (non-hydrogen) atoms. The SMILES string of the molecule is CCOC(=O)C(CCSc1ccc(OC)cc1)NC1CC1. The molecule has 1 aliphatic carbocycles. The van der Waals surface area contributed by atoms with Crippen molar-refractivity contribution < 1.29 is 14.3 Å². The normalized spacial score (nSPS) is 15.5. The Morgan fingerprint density at radius 1 is 1.38 bits per heavy atom. The Balaban J connectivity index is 1.78. The second-order valence-corrected chi connectivity index (χ2v) is 6.23. The molecule has 0 spiro atoms. The molecule has 0 saturated heterocycles. The highest BCUT2D eigenvalue weighted by Crippen LogP contribution is 2.24. The van der Waals surface area contributed by atoms with Gasteiger partial charge < -0.3 is 14.8 Å². The number of hydrogen-bond acceptors (Lipinski definition) is 5. The van der Waals surface area contributed by atoms with E-state index in [1.165, 1.54) is 17.7 Å². The van der Waals surface area contributed by atoms with Crippen LogP contribution in [0.1, 0.15) is 26.2 Å². The summed E-state index contributed by atoms with van der Waals surface area (Å²) >= 11 is 1.75. The van der Waals surface area contributed by atoms with E-state index in [0.717, 1.165) is 17.9 Å². The van der Waals surface area contributed by atoms with E-state index in [1.54, 1.807) is 18.9 Å². The van der Waals surface area contributed by atoms with Gasteiger partial charge in [-0.2, -0.15) is 0 Å². The molecule has 1 aliphatic rings. The number of nitrogens with one attached hydrogen (secondary N) is 1. The number of esters is 1. The van der Waals surface area contributed by atoms with Gasteiger partial charge in [0, 0.05) is 16.7 Å². The van der Waals surface area contributed by atoms with Gasteiger partial charge in [0.25, 0.3) is 0 Å². The first-order valence-corrected chi connectivity index (χ1v) is 8.41. The Bertz CT molecular complexity index is 445. The van der Waals surface area contributed by atoms with Crippen LogP contribution in [0.5, 0.6) is 5.75 Å². The zero-order valence-corrected chi connectivity index (χ0v) is 13.4. The predicted octanol–water partition coefficient (Wildman–Crippen LogP) is 2.86. The molecule has 0 aromatic heterocycles. The number of rotatable bonds is 9. The molecular formula is C16H23NO3S. The van der Waals surface area contributed by atoms with Gasteiger partial charge in [0.1, 0.15) is 11.8 Å². The second kappa shape index (κ2) is 8.29. The van der Waals surface area contributed by atoms with E-state index in [4.69, 9.17) is 9.47 Å². The van der Waals surface area contributed by atoms with E-state index < -0.39 is 0 Å². The van der Waals surface area contributed by atoms with Gasteiger partial charge in [0.15, 0.2) is 0 Å². The van der Waals surface area contributed by atoms with Gasteiger partial charge in [0.2, 0.25) is 0 Å². The molecule has 0 heterocycles. The van der Waals surface area contributed by atoms with Crippen LogP contribution in [0, 0.1) is 0 Å². The Morgan fingerprint density at radius 2 is 2.10 bits per heavy atom. The highest BCUT2D eigenvalue weighted by Gasteiger charge is 2.28. The molecule has 1 aromatic carbocycles. The van der Waals surface area contributed by atoms with Gasteiger partial charge in [-0.15, -0.1) is 11.8 Å². The number of hydrogen-bond donors (Lipinski definition) is 1. The van der Waals surface area contributed by atoms with E-state index in [2.05, 4.69) is 5.32 Å².